The number of amides is 1. The van der Waals surface area contributed by atoms with E-state index in [1.54, 1.807) is 23.6 Å². The Morgan fingerprint density at radius 3 is 2.57 bits per heavy atom. The van der Waals surface area contributed by atoms with Crippen molar-refractivity contribution >= 4 is 28.6 Å². The molecule has 154 valence electrons. The van der Waals surface area contributed by atoms with Crippen molar-refractivity contribution in [1.82, 2.24) is 14.9 Å². The Hall–Kier alpha value is -3.11. The molecule has 0 fully saturated rings. The van der Waals surface area contributed by atoms with Crippen LogP contribution in [0, 0.1) is 24.2 Å². The van der Waals surface area contributed by atoms with Gasteiger partial charge >= 0.3 is 0 Å². The van der Waals surface area contributed by atoms with Gasteiger partial charge in [-0.15, -0.1) is 0 Å². The Bertz CT molecular complexity index is 1200. The van der Waals surface area contributed by atoms with Crippen molar-refractivity contribution in [3.63, 3.8) is 0 Å². The summed E-state index contributed by atoms with van der Waals surface area (Å²) in [5, 5.41) is 13.2. The van der Waals surface area contributed by atoms with Crippen molar-refractivity contribution in [2.75, 3.05) is 5.75 Å². The number of nitriles is 1. The Morgan fingerprint density at radius 1 is 1.23 bits per heavy atom. The van der Waals surface area contributed by atoms with E-state index in [1.807, 2.05) is 57.2 Å². The molecule has 7 heteroatoms. The third-order valence-electron chi connectivity index (χ3n) is 5.22. The van der Waals surface area contributed by atoms with E-state index in [9.17, 15) is 14.9 Å². The predicted molar refractivity (Wildman–Crippen MR) is 120 cm³/mol. The van der Waals surface area contributed by atoms with Gasteiger partial charge in [-0.3, -0.25) is 14.2 Å². The van der Waals surface area contributed by atoms with E-state index >= 15 is 0 Å². The van der Waals surface area contributed by atoms with Crippen molar-refractivity contribution in [2.45, 2.75) is 38.4 Å². The fourth-order valence-corrected chi connectivity index (χ4v) is 3.80. The van der Waals surface area contributed by atoms with Crippen LogP contribution in [0.4, 0.5) is 0 Å². The molecule has 1 aromatic heterocycles. The van der Waals surface area contributed by atoms with Crippen molar-refractivity contribution < 1.29 is 4.79 Å². The molecule has 6 nitrogen and oxygen atoms in total. The molecular weight excluding hydrogens is 396 g/mol. The van der Waals surface area contributed by atoms with E-state index in [4.69, 9.17) is 0 Å². The molecule has 1 N–H and O–H groups in total. The van der Waals surface area contributed by atoms with Gasteiger partial charge in [-0.2, -0.15) is 5.26 Å². The SMILES string of the molecule is Cc1ccccc1-n1c(SCC(=O)N[C@@](C)(C#N)C(C)C)nc2ccccc2c1=O. The molecule has 0 aliphatic heterocycles. The number of fused-ring (bicyclic) bond motifs is 1. The number of benzene rings is 2. The van der Waals surface area contributed by atoms with Crippen molar-refractivity contribution in [1.29, 1.82) is 5.26 Å². The number of hydrogen-bond acceptors (Lipinski definition) is 5. The minimum absolute atomic E-state index is 0.0413. The highest BCUT2D eigenvalue weighted by molar-refractivity contribution is 7.99. The van der Waals surface area contributed by atoms with Crippen LogP contribution < -0.4 is 10.9 Å². The molecule has 0 aliphatic rings. The Kier molecular flexibility index (Phi) is 6.28. The Morgan fingerprint density at radius 2 is 1.90 bits per heavy atom. The highest BCUT2D eigenvalue weighted by Crippen LogP contribution is 2.23. The molecule has 1 heterocycles. The van der Waals surface area contributed by atoms with E-state index in [0.717, 1.165) is 11.3 Å². The number of carbonyl (C=O) groups excluding carboxylic acids is 1. The maximum Gasteiger partial charge on any atom is 0.266 e. The summed E-state index contributed by atoms with van der Waals surface area (Å²) in [5.74, 6) is -0.280. The van der Waals surface area contributed by atoms with Gasteiger partial charge in [-0.05, 0) is 43.5 Å². The molecule has 1 atom stereocenters. The van der Waals surface area contributed by atoms with Crippen LogP contribution in [0.1, 0.15) is 26.3 Å². The molecule has 3 aromatic rings. The largest absolute Gasteiger partial charge is 0.337 e. The number of aromatic nitrogens is 2. The average Bonchev–Trinajstić information content (AvgIpc) is 2.73. The number of thioether (sulfide) groups is 1. The van der Waals surface area contributed by atoms with Gasteiger partial charge in [0.2, 0.25) is 5.91 Å². The summed E-state index contributed by atoms with van der Waals surface area (Å²) in [6.45, 7) is 7.41. The molecule has 0 saturated heterocycles. The van der Waals surface area contributed by atoms with Gasteiger partial charge < -0.3 is 5.32 Å². The second-order valence-corrected chi connectivity index (χ2v) is 8.59. The summed E-state index contributed by atoms with van der Waals surface area (Å²) < 4.78 is 1.56. The van der Waals surface area contributed by atoms with Crippen molar-refractivity contribution in [2.24, 2.45) is 5.92 Å². The zero-order valence-corrected chi connectivity index (χ0v) is 18.3. The van der Waals surface area contributed by atoms with Crippen LogP contribution in [0.15, 0.2) is 58.5 Å². The number of nitrogens with one attached hydrogen (secondary N) is 1. The van der Waals surface area contributed by atoms with Crippen molar-refractivity contribution in [3.05, 3.63) is 64.4 Å². The number of nitrogens with zero attached hydrogens (tertiary/aromatic N) is 3. The summed E-state index contributed by atoms with van der Waals surface area (Å²) in [6, 6.07) is 16.9. The molecule has 0 saturated carbocycles. The molecular formula is C23H24N4O2S. The molecule has 3 rings (SSSR count). The molecule has 1 amide bonds. The highest BCUT2D eigenvalue weighted by atomic mass is 32.2. The molecule has 30 heavy (non-hydrogen) atoms. The van der Waals surface area contributed by atoms with E-state index < -0.39 is 5.54 Å². The van der Waals surface area contributed by atoms with Gasteiger partial charge in [-0.25, -0.2) is 4.98 Å². The third kappa shape index (κ3) is 4.24. The summed E-state index contributed by atoms with van der Waals surface area (Å²) >= 11 is 1.18. The summed E-state index contributed by atoms with van der Waals surface area (Å²) in [7, 11) is 0. The van der Waals surface area contributed by atoms with Gasteiger partial charge in [0, 0.05) is 0 Å². The second-order valence-electron chi connectivity index (χ2n) is 7.64. The minimum Gasteiger partial charge on any atom is -0.337 e. The smallest absolute Gasteiger partial charge is 0.266 e. The summed E-state index contributed by atoms with van der Waals surface area (Å²) in [5.41, 5.74) is 1.11. The lowest BCUT2D eigenvalue weighted by atomic mass is 9.90. The molecule has 2 aromatic carbocycles. The molecule has 0 unspecified atom stereocenters. The third-order valence-corrected chi connectivity index (χ3v) is 6.16. The van der Waals surface area contributed by atoms with E-state index in [1.165, 1.54) is 11.8 Å². The van der Waals surface area contributed by atoms with Crippen LogP contribution in [0.25, 0.3) is 16.6 Å². The fourth-order valence-electron chi connectivity index (χ4n) is 2.99. The first-order valence-electron chi connectivity index (χ1n) is 9.69. The second kappa shape index (κ2) is 8.72. The molecule has 0 aliphatic carbocycles. The van der Waals surface area contributed by atoms with Crippen LogP contribution in [0.3, 0.4) is 0 Å². The van der Waals surface area contributed by atoms with Crippen LogP contribution in [0.5, 0.6) is 0 Å². The van der Waals surface area contributed by atoms with Crippen LogP contribution in [-0.4, -0.2) is 26.8 Å². The number of para-hydroxylation sites is 2. The zero-order valence-electron chi connectivity index (χ0n) is 17.5. The highest BCUT2D eigenvalue weighted by Gasteiger charge is 2.30. The predicted octanol–water partition coefficient (Wildman–Crippen LogP) is 3.84. The standard InChI is InChI=1S/C23H24N4O2S/c1-15(2)23(4,14-24)26-20(28)13-30-22-25-18-11-7-6-10-17(18)21(29)27(22)19-12-8-5-9-16(19)3/h5-12,15H,13H2,1-4H3,(H,26,28)/t23-/m0/s1. The van der Waals surface area contributed by atoms with Gasteiger partial charge in [0.15, 0.2) is 5.16 Å². The number of hydrogen-bond donors (Lipinski definition) is 1. The number of rotatable bonds is 6. The minimum atomic E-state index is -0.954. The summed E-state index contributed by atoms with van der Waals surface area (Å²) in [6.07, 6.45) is 0. The first-order chi connectivity index (χ1) is 14.3. The lowest BCUT2D eigenvalue weighted by Gasteiger charge is -2.27. The van der Waals surface area contributed by atoms with E-state index in [-0.39, 0.29) is 23.1 Å². The van der Waals surface area contributed by atoms with Crippen molar-refractivity contribution in [3.8, 4) is 11.8 Å². The number of aryl methyl sites for hydroxylation is 1. The van der Waals surface area contributed by atoms with Crippen LogP contribution in [-0.2, 0) is 4.79 Å². The summed E-state index contributed by atoms with van der Waals surface area (Å²) in [4.78, 5) is 30.5. The van der Waals surface area contributed by atoms with E-state index in [2.05, 4.69) is 16.4 Å². The lowest BCUT2D eigenvalue weighted by Crippen LogP contribution is -2.49. The number of carbonyl (C=O) groups is 1. The maximum atomic E-state index is 13.3. The zero-order chi connectivity index (χ0) is 21.9. The monoisotopic (exact) mass is 420 g/mol. The van der Waals surface area contributed by atoms with Gasteiger partial charge in [0.25, 0.3) is 5.56 Å². The van der Waals surface area contributed by atoms with Crippen LogP contribution >= 0.6 is 11.8 Å². The lowest BCUT2D eigenvalue weighted by molar-refractivity contribution is -0.120. The Balaban J connectivity index is 2.00. The van der Waals surface area contributed by atoms with Crippen LogP contribution in [0.2, 0.25) is 0 Å². The topological polar surface area (TPSA) is 87.8 Å². The quantitative estimate of drug-likeness (QED) is 0.483. The molecule has 0 spiro atoms. The molecule has 0 radical (unpaired) electrons. The fraction of sp³-hybridized carbons (Fsp3) is 0.304. The average molecular weight is 421 g/mol. The van der Waals surface area contributed by atoms with Gasteiger partial charge in [-0.1, -0.05) is 55.9 Å². The van der Waals surface area contributed by atoms with Gasteiger partial charge in [0.1, 0.15) is 5.54 Å². The van der Waals surface area contributed by atoms with E-state index in [0.29, 0.717) is 16.1 Å². The molecule has 0 bridgehead atoms. The Labute approximate surface area is 179 Å². The first-order valence-corrected chi connectivity index (χ1v) is 10.7. The normalized spacial score (nSPS) is 13.1. The maximum absolute atomic E-state index is 13.3. The first kappa shape index (κ1) is 21.6. The van der Waals surface area contributed by atoms with Gasteiger partial charge in [0.05, 0.1) is 28.4 Å².